The van der Waals surface area contributed by atoms with Crippen LogP contribution in [0.25, 0.3) is 0 Å². The molecule has 47 heavy (non-hydrogen) atoms. The van der Waals surface area contributed by atoms with Crippen LogP contribution in [0.2, 0.25) is 0 Å². The van der Waals surface area contributed by atoms with Gasteiger partial charge in [0, 0.05) is 62.2 Å². The Labute approximate surface area is 270 Å². The van der Waals surface area contributed by atoms with Gasteiger partial charge in [-0.3, -0.25) is 24.2 Å². The number of carbonyl (C=O) groups excluding carboxylic acids is 3. The SMILES string of the molecule is COc1cccc2c1C(=O)c1c(O)c3c(c(O)c1C2=O)C[C@@](O)(C(=O)CO)C[C@@H]3O[C@H]1C[C@H]2[C@H](O[C@@H]3[C@@H](OC)N(C)CCN32)[C@H](C)O1. The fourth-order valence-electron chi connectivity index (χ4n) is 8.07. The molecular formula is C33H38N2O12. The Bertz CT molecular complexity index is 1660. The second-order valence-corrected chi connectivity index (χ2v) is 12.9. The number of ketones is 3. The van der Waals surface area contributed by atoms with Crippen LogP contribution in [0.15, 0.2) is 18.2 Å². The highest BCUT2D eigenvalue weighted by Gasteiger charge is 2.55. The van der Waals surface area contributed by atoms with Crippen LogP contribution in [0, 0.1) is 0 Å². The Kier molecular flexibility index (Phi) is 7.92. The molecule has 3 fully saturated rings. The van der Waals surface area contributed by atoms with Crippen LogP contribution >= 0.6 is 0 Å². The summed E-state index contributed by atoms with van der Waals surface area (Å²) in [7, 11) is 4.94. The molecule has 2 aromatic carbocycles. The molecular weight excluding hydrogens is 616 g/mol. The molecule has 0 bridgehead atoms. The molecule has 7 rings (SSSR count). The summed E-state index contributed by atoms with van der Waals surface area (Å²) >= 11 is 0. The molecule has 3 saturated heterocycles. The number of benzene rings is 2. The number of fused-ring (bicyclic) bond motifs is 6. The van der Waals surface area contributed by atoms with Crippen LogP contribution in [-0.2, 0) is 30.2 Å². The van der Waals surface area contributed by atoms with Crippen molar-refractivity contribution in [2.45, 2.75) is 74.9 Å². The summed E-state index contributed by atoms with van der Waals surface area (Å²) < 4.78 is 30.2. The Balaban J connectivity index is 1.29. The number of methoxy groups -OCH3 is 2. The van der Waals surface area contributed by atoms with E-state index < -0.39 is 83.5 Å². The number of hydrogen-bond donors (Lipinski definition) is 4. The largest absolute Gasteiger partial charge is 0.507 e. The van der Waals surface area contributed by atoms with Crippen LogP contribution in [-0.4, -0.2) is 131 Å². The van der Waals surface area contributed by atoms with Crippen molar-refractivity contribution < 1.29 is 58.5 Å². The maximum atomic E-state index is 13.9. The third kappa shape index (κ3) is 4.73. The smallest absolute Gasteiger partial charge is 0.202 e. The molecule has 14 nitrogen and oxygen atoms in total. The predicted molar refractivity (Wildman–Crippen MR) is 160 cm³/mol. The van der Waals surface area contributed by atoms with Crippen LogP contribution < -0.4 is 4.74 Å². The summed E-state index contributed by atoms with van der Waals surface area (Å²) in [5.41, 5.74) is -3.37. The first-order chi connectivity index (χ1) is 22.4. The van der Waals surface area contributed by atoms with E-state index in [1.54, 1.807) is 7.11 Å². The molecule has 0 amide bonds. The lowest BCUT2D eigenvalue weighted by Gasteiger charge is -2.44. The lowest BCUT2D eigenvalue weighted by molar-refractivity contribution is -0.248. The zero-order chi connectivity index (χ0) is 33.5. The van der Waals surface area contributed by atoms with Crippen molar-refractivity contribution >= 4 is 17.3 Å². The highest BCUT2D eigenvalue weighted by atomic mass is 16.7. The van der Waals surface area contributed by atoms with Crippen molar-refractivity contribution in [1.82, 2.24) is 9.80 Å². The van der Waals surface area contributed by atoms with E-state index in [0.29, 0.717) is 13.0 Å². The van der Waals surface area contributed by atoms with E-state index in [0.717, 1.165) is 6.54 Å². The van der Waals surface area contributed by atoms with Crippen LogP contribution in [0.1, 0.15) is 68.8 Å². The minimum absolute atomic E-state index is 0.0299. The number of likely N-dealkylation sites (N-methyl/N-ethyl adjacent to an activating group) is 1. The number of aliphatic hydroxyl groups is 2. The van der Waals surface area contributed by atoms with Gasteiger partial charge in [0.05, 0.1) is 36.0 Å². The van der Waals surface area contributed by atoms with Gasteiger partial charge in [-0.15, -0.1) is 0 Å². The van der Waals surface area contributed by atoms with Crippen LogP contribution in [0.5, 0.6) is 17.2 Å². The minimum Gasteiger partial charge on any atom is -0.507 e. The lowest BCUT2D eigenvalue weighted by atomic mass is 9.72. The maximum absolute atomic E-state index is 13.9. The van der Waals surface area contributed by atoms with Gasteiger partial charge >= 0.3 is 0 Å². The number of aliphatic hydroxyl groups excluding tert-OH is 1. The molecule has 14 heteroatoms. The number of rotatable bonds is 6. The first kappa shape index (κ1) is 32.1. The molecule has 0 saturated carbocycles. The quantitative estimate of drug-likeness (QED) is 0.271. The molecule has 3 aliphatic heterocycles. The predicted octanol–water partition coefficient (Wildman–Crippen LogP) is 0.626. The van der Waals surface area contributed by atoms with E-state index in [1.807, 2.05) is 14.0 Å². The highest BCUT2D eigenvalue weighted by Crippen LogP contribution is 2.53. The Morgan fingerprint density at radius 1 is 1.06 bits per heavy atom. The van der Waals surface area contributed by atoms with Gasteiger partial charge in [0.25, 0.3) is 0 Å². The monoisotopic (exact) mass is 654 g/mol. The van der Waals surface area contributed by atoms with E-state index >= 15 is 0 Å². The Morgan fingerprint density at radius 2 is 1.81 bits per heavy atom. The fourth-order valence-corrected chi connectivity index (χ4v) is 8.07. The van der Waals surface area contributed by atoms with Crippen molar-refractivity contribution in [3.05, 3.63) is 51.6 Å². The van der Waals surface area contributed by atoms with Gasteiger partial charge in [-0.1, -0.05) is 12.1 Å². The molecule has 3 heterocycles. The summed E-state index contributed by atoms with van der Waals surface area (Å²) in [6.45, 7) is 2.31. The molecule has 0 unspecified atom stereocenters. The lowest BCUT2D eigenvalue weighted by Crippen LogP contribution is -2.59. The second-order valence-electron chi connectivity index (χ2n) is 12.9. The Hall–Kier alpha value is -3.47. The van der Waals surface area contributed by atoms with E-state index in [4.69, 9.17) is 23.7 Å². The maximum Gasteiger partial charge on any atom is 0.202 e. The fraction of sp³-hybridized carbons (Fsp3) is 0.545. The van der Waals surface area contributed by atoms with Crippen molar-refractivity contribution in [3.8, 4) is 17.2 Å². The van der Waals surface area contributed by atoms with Gasteiger partial charge in [0.1, 0.15) is 41.8 Å². The molecule has 4 N–H and O–H groups in total. The normalized spacial score (nSPS) is 33.4. The number of nitrogens with zero attached hydrogens (tertiary/aromatic N) is 2. The third-order valence-electron chi connectivity index (χ3n) is 10.4. The van der Waals surface area contributed by atoms with Crippen LogP contribution in [0.3, 0.4) is 0 Å². The van der Waals surface area contributed by atoms with Crippen molar-refractivity contribution in [2.75, 3.05) is 41.0 Å². The van der Waals surface area contributed by atoms with Crippen molar-refractivity contribution in [2.24, 2.45) is 0 Å². The number of hydrogen-bond acceptors (Lipinski definition) is 14. The summed E-state index contributed by atoms with van der Waals surface area (Å²) in [5.74, 6) is -3.56. The molecule has 2 aromatic rings. The zero-order valence-corrected chi connectivity index (χ0v) is 26.5. The van der Waals surface area contributed by atoms with Crippen LogP contribution in [0.4, 0.5) is 0 Å². The first-order valence-corrected chi connectivity index (χ1v) is 15.6. The summed E-state index contributed by atoms with van der Waals surface area (Å²) in [6.07, 6.45) is -4.21. The average Bonchev–Trinajstić information content (AvgIpc) is 3.43. The van der Waals surface area contributed by atoms with Gasteiger partial charge in [0.15, 0.2) is 24.1 Å². The van der Waals surface area contributed by atoms with E-state index in [1.165, 1.54) is 25.3 Å². The second kappa shape index (κ2) is 11.6. The van der Waals surface area contributed by atoms with Gasteiger partial charge in [-0.2, -0.15) is 0 Å². The number of Topliss-reactive ketones (excluding diaryl/α,β-unsaturated/α-hetero) is 1. The van der Waals surface area contributed by atoms with Gasteiger partial charge in [0.2, 0.25) is 5.78 Å². The van der Waals surface area contributed by atoms with Crippen molar-refractivity contribution in [1.29, 1.82) is 0 Å². The molecule has 0 aromatic heterocycles. The molecule has 252 valence electrons. The Morgan fingerprint density at radius 3 is 2.51 bits per heavy atom. The van der Waals surface area contributed by atoms with E-state index in [-0.39, 0.29) is 52.6 Å². The molecule has 2 aliphatic carbocycles. The van der Waals surface area contributed by atoms with Gasteiger partial charge in [-0.25, -0.2) is 0 Å². The van der Waals surface area contributed by atoms with E-state index in [2.05, 4.69) is 9.80 Å². The summed E-state index contributed by atoms with van der Waals surface area (Å²) in [5, 5.41) is 44.7. The number of ether oxygens (including phenoxy) is 5. The zero-order valence-electron chi connectivity index (χ0n) is 26.5. The highest BCUT2D eigenvalue weighted by molar-refractivity contribution is 6.31. The summed E-state index contributed by atoms with van der Waals surface area (Å²) in [4.78, 5) is 44.8. The average molecular weight is 655 g/mol. The summed E-state index contributed by atoms with van der Waals surface area (Å²) in [6, 6.07) is 4.32. The molecule has 0 radical (unpaired) electrons. The van der Waals surface area contributed by atoms with Gasteiger partial charge < -0.3 is 44.1 Å². The molecule has 5 aliphatic rings. The number of piperazine rings is 1. The topological polar surface area (TPSA) is 185 Å². The minimum atomic E-state index is -2.22. The number of phenolic OH excluding ortho intramolecular Hbond substituents is 2. The standard InChI is InChI=1S/C33H38N2O12/c1-14-30-17(35-9-8-34(2)31(44-4)32(35)47-30)10-21(45-14)46-19-12-33(42,20(37)13-36)11-16-23(19)29(41)25-24(27(16)39)26(38)15-6-5-7-18(43-3)22(15)28(25)40/h5-7,14,17,19,21,30-32,36,39,41-42H,8-13H2,1-4H3/t14-,17-,19-,21-,30+,31+,32+,33-/m0/s1. The number of phenols is 2. The van der Waals surface area contributed by atoms with Gasteiger partial charge in [-0.05, 0) is 20.0 Å². The van der Waals surface area contributed by atoms with Crippen molar-refractivity contribution in [3.63, 3.8) is 0 Å². The molecule has 8 atom stereocenters. The van der Waals surface area contributed by atoms with E-state index in [9.17, 15) is 34.8 Å². The first-order valence-electron chi connectivity index (χ1n) is 15.6. The molecule has 0 spiro atoms. The third-order valence-corrected chi connectivity index (χ3v) is 10.4. The number of carbonyl (C=O) groups is 3. The number of aromatic hydroxyl groups is 2.